The van der Waals surface area contributed by atoms with Crippen molar-refractivity contribution < 1.29 is 19.4 Å². The molecule has 1 aromatic heterocycles. The number of aliphatic carboxylic acids is 1. The van der Waals surface area contributed by atoms with Gasteiger partial charge in [0.2, 0.25) is 0 Å². The number of carboxylic acid groups (broad SMARTS) is 1. The average molecular weight is 340 g/mol. The lowest BCUT2D eigenvalue weighted by molar-refractivity contribution is -0.142. The summed E-state index contributed by atoms with van der Waals surface area (Å²) in [4.78, 5) is 15.2. The van der Waals surface area contributed by atoms with E-state index in [2.05, 4.69) is 4.98 Å². The number of carbonyl (C=O) groups is 1. The van der Waals surface area contributed by atoms with Crippen molar-refractivity contribution in [2.24, 2.45) is 0 Å². The molecule has 0 atom stereocenters. The van der Waals surface area contributed by atoms with Crippen LogP contribution in [0, 0.1) is 0 Å². The molecule has 6 heteroatoms. The van der Waals surface area contributed by atoms with E-state index in [9.17, 15) is 4.79 Å². The van der Waals surface area contributed by atoms with Gasteiger partial charge in [-0.15, -0.1) is 0 Å². The molecule has 25 heavy (non-hydrogen) atoms. The van der Waals surface area contributed by atoms with Crippen molar-refractivity contribution in [3.8, 4) is 0 Å². The smallest absolute Gasteiger partial charge is 0.329 e. The summed E-state index contributed by atoms with van der Waals surface area (Å²) >= 11 is 0. The van der Waals surface area contributed by atoms with Crippen molar-refractivity contribution in [1.29, 1.82) is 0 Å². The molecule has 1 N–H and O–H groups in total. The highest BCUT2D eigenvalue weighted by atomic mass is 16.5. The minimum absolute atomic E-state index is 0.152. The SMILES string of the molecule is O=C(O)COCc1nc2ccccc2n1CCOCc1ccccc1. The predicted molar refractivity (Wildman–Crippen MR) is 93.1 cm³/mol. The van der Waals surface area contributed by atoms with Crippen LogP contribution < -0.4 is 0 Å². The first-order valence-electron chi connectivity index (χ1n) is 8.09. The molecular formula is C19H20N2O4. The minimum Gasteiger partial charge on any atom is -0.480 e. The number of hydrogen-bond donors (Lipinski definition) is 1. The summed E-state index contributed by atoms with van der Waals surface area (Å²) in [5.74, 6) is -0.292. The number of hydrogen-bond acceptors (Lipinski definition) is 4. The summed E-state index contributed by atoms with van der Waals surface area (Å²) in [5, 5.41) is 8.71. The second-order valence-electron chi connectivity index (χ2n) is 5.59. The molecule has 0 fully saturated rings. The van der Waals surface area contributed by atoms with E-state index in [0.29, 0.717) is 25.6 Å². The Morgan fingerprint density at radius 3 is 2.56 bits per heavy atom. The van der Waals surface area contributed by atoms with Crippen LogP contribution in [0.2, 0.25) is 0 Å². The van der Waals surface area contributed by atoms with Crippen LogP contribution in [0.25, 0.3) is 11.0 Å². The van der Waals surface area contributed by atoms with E-state index in [1.165, 1.54) is 0 Å². The molecule has 0 spiro atoms. The topological polar surface area (TPSA) is 73.6 Å². The molecule has 0 bridgehead atoms. The zero-order valence-corrected chi connectivity index (χ0v) is 13.8. The van der Waals surface area contributed by atoms with Gasteiger partial charge in [-0.2, -0.15) is 0 Å². The second-order valence-corrected chi connectivity index (χ2v) is 5.59. The predicted octanol–water partition coefficient (Wildman–Crippen LogP) is 2.85. The van der Waals surface area contributed by atoms with E-state index in [4.69, 9.17) is 14.6 Å². The lowest BCUT2D eigenvalue weighted by atomic mass is 10.2. The summed E-state index contributed by atoms with van der Waals surface area (Å²) in [6, 6.07) is 17.8. The fraction of sp³-hybridized carbons (Fsp3) is 0.263. The van der Waals surface area contributed by atoms with Crippen LogP contribution in [0.5, 0.6) is 0 Å². The summed E-state index contributed by atoms with van der Waals surface area (Å²) in [6.45, 7) is 1.52. The van der Waals surface area contributed by atoms with Gasteiger partial charge in [0.05, 0.1) is 24.2 Å². The Balaban J connectivity index is 1.64. The van der Waals surface area contributed by atoms with Crippen LogP contribution in [0.15, 0.2) is 54.6 Å². The summed E-state index contributed by atoms with van der Waals surface area (Å²) in [7, 11) is 0. The van der Waals surface area contributed by atoms with Crippen molar-refractivity contribution in [1.82, 2.24) is 9.55 Å². The van der Waals surface area contributed by atoms with Gasteiger partial charge in [-0.05, 0) is 17.7 Å². The van der Waals surface area contributed by atoms with Gasteiger partial charge in [0.25, 0.3) is 0 Å². The number of aromatic nitrogens is 2. The third-order valence-corrected chi connectivity index (χ3v) is 3.76. The Bertz CT molecular complexity index is 830. The van der Waals surface area contributed by atoms with E-state index < -0.39 is 5.97 Å². The molecule has 0 aliphatic heterocycles. The molecule has 2 aromatic carbocycles. The van der Waals surface area contributed by atoms with E-state index in [0.717, 1.165) is 16.6 Å². The molecule has 0 amide bonds. The van der Waals surface area contributed by atoms with Gasteiger partial charge < -0.3 is 19.1 Å². The Morgan fingerprint density at radius 2 is 1.76 bits per heavy atom. The third-order valence-electron chi connectivity index (χ3n) is 3.76. The lowest BCUT2D eigenvalue weighted by Gasteiger charge is -2.10. The van der Waals surface area contributed by atoms with Gasteiger partial charge in [0.1, 0.15) is 19.0 Å². The molecule has 130 valence electrons. The molecule has 0 saturated carbocycles. The van der Waals surface area contributed by atoms with E-state index in [1.807, 2.05) is 59.2 Å². The van der Waals surface area contributed by atoms with Gasteiger partial charge >= 0.3 is 5.97 Å². The highest BCUT2D eigenvalue weighted by Gasteiger charge is 2.11. The van der Waals surface area contributed by atoms with E-state index >= 15 is 0 Å². The molecule has 0 aliphatic rings. The van der Waals surface area contributed by atoms with Crippen LogP contribution in [0.1, 0.15) is 11.4 Å². The van der Waals surface area contributed by atoms with Crippen molar-refractivity contribution in [3.05, 3.63) is 66.0 Å². The highest BCUT2D eigenvalue weighted by Crippen LogP contribution is 2.17. The molecule has 1 heterocycles. The molecule has 0 saturated heterocycles. The highest BCUT2D eigenvalue weighted by molar-refractivity contribution is 5.75. The Hall–Kier alpha value is -2.70. The number of para-hydroxylation sites is 2. The van der Waals surface area contributed by atoms with Crippen LogP contribution in [0.3, 0.4) is 0 Å². The first kappa shape index (κ1) is 17.1. The molecule has 0 unspecified atom stereocenters. The normalized spacial score (nSPS) is 11.0. The fourth-order valence-electron chi connectivity index (χ4n) is 2.63. The lowest BCUT2D eigenvalue weighted by Crippen LogP contribution is -2.13. The molecule has 0 radical (unpaired) electrons. The maximum absolute atomic E-state index is 10.6. The van der Waals surface area contributed by atoms with Crippen molar-refractivity contribution >= 4 is 17.0 Å². The standard InChI is InChI=1S/C19H20N2O4/c22-19(23)14-25-13-18-20-16-8-4-5-9-17(16)21(18)10-11-24-12-15-6-2-1-3-7-15/h1-9H,10-14H2,(H,22,23). The van der Waals surface area contributed by atoms with Crippen LogP contribution in [-0.4, -0.2) is 33.8 Å². The van der Waals surface area contributed by atoms with Crippen molar-refractivity contribution in [2.75, 3.05) is 13.2 Å². The maximum atomic E-state index is 10.6. The number of benzene rings is 2. The Morgan fingerprint density at radius 1 is 1.00 bits per heavy atom. The molecule has 0 aliphatic carbocycles. The van der Waals surface area contributed by atoms with Gasteiger partial charge in [-0.25, -0.2) is 9.78 Å². The van der Waals surface area contributed by atoms with E-state index in [-0.39, 0.29) is 13.2 Å². The maximum Gasteiger partial charge on any atom is 0.329 e. The first-order chi connectivity index (χ1) is 12.2. The molecular weight excluding hydrogens is 320 g/mol. The third kappa shape index (κ3) is 4.65. The number of fused-ring (bicyclic) bond motifs is 1. The monoisotopic (exact) mass is 340 g/mol. The van der Waals surface area contributed by atoms with Crippen LogP contribution in [-0.2, 0) is 34.0 Å². The van der Waals surface area contributed by atoms with Crippen LogP contribution in [0.4, 0.5) is 0 Å². The zero-order chi connectivity index (χ0) is 17.5. The number of imidazole rings is 1. The van der Waals surface area contributed by atoms with Gasteiger partial charge in [0, 0.05) is 6.54 Å². The van der Waals surface area contributed by atoms with Gasteiger partial charge in [-0.3, -0.25) is 0 Å². The van der Waals surface area contributed by atoms with E-state index in [1.54, 1.807) is 0 Å². The summed E-state index contributed by atoms with van der Waals surface area (Å²) < 4.78 is 13.0. The fourth-order valence-corrected chi connectivity index (χ4v) is 2.63. The summed E-state index contributed by atoms with van der Waals surface area (Å²) in [6.07, 6.45) is 0. The largest absolute Gasteiger partial charge is 0.480 e. The minimum atomic E-state index is -0.992. The zero-order valence-electron chi connectivity index (χ0n) is 13.8. The Kier molecular flexibility index (Phi) is 5.77. The van der Waals surface area contributed by atoms with Gasteiger partial charge in [0.15, 0.2) is 0 Å². The number of carboxylic acids is 1. The van der Waals surface area contributed by atoms with Crippen molar-refractivity contribution in [2.45, 2.75) is 19.8 Å². The molecule has 3 aromatic rings. The van der Waals surface area contributed by atoms with Crippen LogP contribution >= 0.6 is 0 Å². The first-order valence-corrected chi connectivity index (χ1v) is 8.09. The molecule has 6 nitrogen and oxygen atoms in total. The quantitative estimate of drug-likeness (QED) is 0.606. The average Bonchev–Trinajstić information content (AvgIpc) is 2.97. The second kappa shape index (κ2) is 8.41. The number of nitrogens with zero attached hydrogens (tertiary/aromatic N) is 2. The summed E-state index contributed by atoms with van der Waals surface area (Å²) in [5.41, 5.74) is 2.97. The molecule has 3 rings (SSSR count). The van der Waals surface area contributed by atoms with Gasteiger partial charge in [-0.1, -0.05) is 42.5 Å². The number of ether oxygens (including phenoxy) is 2. The number of rotatable bonds is 9. The van der Waals surface area contributed by atoms with Crippen molar-refractivity contribution in [3.63, 3.8) is 0 Å². The Labute approximate surface area is 145 Å².